The molecule has 0 aliphatic carbocycles. The third kappa shape index (κ3) is 9.56. The molecule has 0 aromatic heterocycles. The molecular formula is C39H54O13. The van der Waals surface area contributed by atoms with Gasteiger partial charge in [0.15, 0.2) is 6.10 Å². The normalized spacial score (nSPS) is 29.0. The third-order valence-corrected chi connectivity index (χ3v) is 9.99. The maximum atomic E-state index is 13.0. The summed E-state index contributed by atoms with van der Waals surface area (Å²) in [6.45, 7) is 5.50. The first-order valence-electron chi connectivity index (χ1n) is 18.0. The smallest absolute Gasteiger partial charge is 0.344 e. The van der Waals surface area contributed by atoms with Crippen molar-refractivity contribution in [2.45, 2.75) is 133 Å². The Morgan fingerprint density at radius 2 is 1.50 bits per heavy atom. The lowest BCUT2D eigenvalue weighted by atomic mass is 9.74. The van der Waals surface area contributed by atoms with Gasteiger partial charge in [0.25, 0.3) is 0 Å². The Bertz CT molecular complexity index is 1440. The predicted molar refractivity (Wildman–Crippen MR) is 190 cm³/mol. The van der Waals surface area contributed by atoms with Gasteiger partial charge < -0.3 is 44.8 Å². The molecule has 2 saturated heterocycles. The van der Waals surface area contributed by atoms with Crippen LogP contribution in [-0.2, 0) is 33.4 Å². The SMILES string of the molecule is CC=CCCCCC=CCCCCC(=O)O[C@@H]1[C@@H](O)[C@@]2(CCC(C)C(O)C(C)CC=Cc3ccccc3)O[C@H](C(=O)O)[C@@](O)(C(=O)O)[C@]1(C(=O)O)O2. The topological polar surface area (TPSA) is 217 Å². The molecule has 9 atom stereocenters. The van der Waals surface area contributed by atoms with Gasteiger partial charge in [-0.05, 0) is 82.1 Å². The maximum Gasteiger partial charge on any atom is 0.344 e. The number of benzene rings is 1. The van der Waals surface area contributed by atoms with E-state index >= 15 is 0 Å². The Balaban J connectivity index is 1.75. The van der Waals surface area contributed by atoms with Gasteiger partial charge in [-0.3, -0.25) is 4.79 Å². The number of hydrogen-bond donors (Lipinski definition) is 6. The number of esters is 1. The molecule has 2 aliphatic heterocycles. The van der Waals surface area contributed by atoms with Gasteiger partial charge in [-0.1, -0.05) is 80.6 Å². The van der Waals surface area contributed by atoms with Crippen LogP contribution < -0.4 is 0 Å². The average molecular weight is 731 g/mol. The van der Waals surface area contributed by atoms with Crippen LogP contribution in [0.15, 0.2) is 60.7 Å². The van der Waals surface area contributed by atoms with Gasteiger partial charge in [0.05, 0.1) is 6.10 Å². The van der Waals surface area contributed by atoms with Gasteiger partial charge in [-0.25, -0.2) is 14.4 Å². The van der Waals surface area contributed by atoms with E-state index in [1.54, 1.807) is 6.92 Å². The summed E-state index contributed by atoms with van der Waals surface area (Å²) in [6.07, 6.45) is 9.20. The predicted octanol–water partition coefficient (Wildman–Crippen LogP) is 4.88. The minimum absolute atomic E-state index is 0.0253. The van der Waals surface area contributed by atoms with Crippen molar-refractivity contribution in [3.8, 4) is 0 Å². The second-order valence-electron chi connectivity index (χ2n) is 13.8. The number of aliphatic hydroxyl groups excluding tert-OH is 2. The molecule has 0 radical (unpaired) electrons. The largest absolute Gasteiger partial charge is 0.479 e. The summed E-state index contributed by atoms with van der Waals surface area (Å²) >= 11 is 0. The molecular weight excluding hydrogens is 676 g/mol. The van der Waals surface area contributed by atoms with Gasteiger partial charge in [0, 0.05) is 12.8 Å². The Kier molecular flexibility index (Phi) is 15.8. The highest BCUT2D eigenvalue weighted by atomic mass is 16.8. The van der Waals surface area contributed by atoms with Crippen LogP contribution in [0.1, 0.15) is 97.0 Å². The minimum Gasteiger partial charge on any atom is -0.479 e. The Labute approximate surface area is 304 Å². The number of aliphatic carboxylic acids is 3. The molecule has 13 nitrogen and oxygen atoms in total. The number of ether oxygens (including phenoxy) is 3. The number of hydrogen-bond acceptors (Lipinski definition) is 10. The fourth-order valence-corrected chi connectivity index (χ4v) is 6.89. The highest BCUT2D eigenvalue weighted by Crippen LogP contribution is 2.56. The van der Waals surface area contributed by atoms with Crippen molar-refractivity contribution in [1.29, 1.82) is 0 Å². The summed E-state index contributed by atoms with van der Waals surface area (Å²) in [5.74, 6) is -10.9. The van der Waals surface area contributed by atoms with Crippen molar-refractivity contribution >= 4 is 30.0 Å². The van der Waals surface area contributed by atoms with Crippen LogP contribution in [0.25, 0.3) is 6.08 Å². The number of aliphatic hydroxyl groups is 3. The molecule has 52 heavy (non-hydrogen) atoms. The zero-order chi connectivity index (χ0) is 38.5. The van der Waals surface area contributed by atoms with E-state index in [0.717, 1.165) is 31.2 Å². The van der Waals surface area contributed by atoms with Crippen LogP contribution in [0, 0.1) is 11.8 Å². The molecule has 1 aromatic rings. The molecule has 288 valence electrons. The number of carboxylic acid groups (broad SMARTS) is 3. The summed E-state index contributed by atoms with van der Waals surface area (Å²) in [4.78, 5) is 50.9. The van der Waals surface area contributed by atoms with Crippen molar-refractivity contribution in [1.82, 2.24) is 0 Å². The van der Waals surface area contributed by atoms with E-state index in [1.807, 2.05) is 68.5 Å². The van der Waals surface area contributed by atoms with Gasteiger partial charge in [-0.2, -0.15) is 0 Å². The first-order valence-corrected chi connectivity index (χ1v) is 18.0. The molecule has 2 heterocycles. The lowest BCUT2D eigenvalue weighted by molar-refractivity contribution is -0.374. The van der Waals surface area contributed by atoms with Crippen molar-refractivity contribution in [3.05, 3.63) is 66.3 Å². The van der Waals surface area contributed by atoms with Crippen molar-refractivity contribution in [3.63, 3.8) is 0 Å². The first kappa shape index (κ1) is 42.5. The molecule has 0 saturated carbocycles. The number of carbonyl (C=O) groups excluding carboxylic acids is 1. The summed E-state index contributed by atoms with van der Waals surface area (Å²) < 4.78 is 16.6. The standard InChI is InChI=1S/C39H54O13/c1-4-5-6-7-8-9-10-11-12-13-17-23-29(40)50-32-31(42)37(51-33(34(43)44)38(49,35(45)46)39(32,52-37)36(47)48)25-24-27(3)30(41)26(2)19-18-22-28-20-15-14-16-21-28/h4-5,10-11,14-16,18,20-22,26-27,30-33,41-42,49H,6-9,12-13,17,19,23-25H2,1-3H3,(H,43,44)(H,45,46)(H,47,48)/t26?,27?,30?,31-,32-,33-,37+,38-,39+/m1/s1. The second-order valence-corrected chi connectivity index (χ2v) is 13.8. The maximum absolute atomic E-state index is 13.0. The zero-order valence-electron chi connectivity index (χ0n) is 30.1. The number of rotatable bonds is 22. The number of allylic oxidation sites excluding steroid dienone is 5. The fraction of sp³-hybridized carbons (Fsp3) is 0.590. The zero-order valence-corrected chi connectivity index (χ0v) is 30.1. The molecule has 6 N–H and O–H groups in total. The number of unbranched alkanes of at least 4 members (excludes halogenated alkanes) is 5. The van der Waals surface area contributed by atoms with Gasteiger partial charge in [-0.15, -0.1) is 0 Å². The number of fused-ring (bicyclic) bond motifs is 2. The minimum atomic E-state index is -3.83. The van der Waals surface area contributed by atoms with E-state index in [4.69, 9.17) is 14.2 Å². The fourth-order valence-electron chi connectivity index (χ4n) is 6.89. The Hall–Kier alpha value is -3.88. The highest BCUT2D eigenvalue weighted by Gasteiger charge is 2.85. The summed E-state index contributed by atoms with van der Waals surface area (Å²) in [6, 6.07) is 9.57. The molecule has 2 aliphatic rings. The van der Waals surface area contributed by atoms with Crippen LogP contribution >= 0.6 is 0 Å². The van der Waals surface area contributed by atoms with Gasteiger partial charge in [0.2, 0.25) is 23.1 Å². The lowest BCUT2D eigenvalue weighted by Crippen LogP contribution is -2.78. The van der Waals surface area contributed by atoms with E-state index in [9.17, 15) is 49.8 Å². The third-order valence-electron chi connectivity index (χ3n) is 9.99. The summed E-state index contributed by atoms with van der Waals surface area (Å²) in [5.41, 5.74) is -6.32. The Morgan fingerprint density at radius 3 is 2.08 bits per heavy atom. The van der Waals surface area contributed by atoms with Gasteiger partial charge >= 0.3 is 23.9 Å². The molecule has 3 unspecified atom stereocenters. The monoisotopic (exact) mass is 730 g/mol. The van der Waals surface area contributed by atoms with Crippen LogP contribution in [0.2, 0.25) is 0 Å². The second kappa shape index (κ2) is 19.3. The van der Waals surface area contributed by atoms with Crippen molar-refractivity contribution in [2.75, 3.05) is 0 Å². The average Bonchev–Trinajstić information content (AvgIpc) is 3.32. The van der Waals surface area contributed by atoms with Crippen molar-refractivity contribution in [2.24, 2.45) is 11.8 Å². The molecule has 0 amide bonds. The first-order chi connectivity index (χ1) is 24.7. The molecule has 0 spiro atoms. The summed E-state index contributed by atoms with van der Waals surface area (Å²) in [7, 11) is 0. The molecule has 13 heteroatoms. The van der Waals surface area contributed by atoms with E-state index in [1.165, 1.54) is 0 Å². The lowest BCUT2D eigenvalue weighted by Gasteiger charge is -2.48. The van der Waals surface area contributed by atoms with Crippen LogP contribution in [-0.4, -0.2) is 95.9 Å². The summed E-state index contributed by atoms with van der Waals surface area (Å²) in [5, 5.41) is 64.6. The molecule has 2 fully saturated rings. The number of carboxylic acids is 3. The van der Waals surface area contributed by atoms with Crippen molar-refractivity contribution < 1.29 is 64.0 Å². The van der Waals surface area contributed by atoms with E-state index < -0.39 is 77.6 Å². The highest BCUT2D eigenvalue weighted by molar-refractivity contribution is 5.98. The van der Waals surface area contributed by atoms with Crippen LogP contribution in [0.4, 0.5) is 0 Å². The van der Waals surface area contributed by atoms with E-state index in [2.05, 4.69) is 12.2 Å². The molecule has 2 bridgehead atoms. The van der Waals surface area contributed by atoms with E-state index in [0.29, 0.717) is 25.7 Å². The molecule has 1 aromatic carbocycles. The van der Waals surface area contributed by atoms with Gasteiger partial charge in [0.1, 0.15) is 6.10 Å². The van der Waals surface area contributed by atoms with Crippen LogP contribution in [0.5, 0.6) is 0 Å². The van der Waals surface area contributed by atoms with Crippen LogP contribution in [0.3, 0.4) is 0 Å². The quantitative estimate of drug-likeness (QED) is 0.0533. The van der Waals surface area contributed by atoms with E-state index in [-0.39, 0.29) is 18.8 Å². The number of carbonyl (C=O) groups is 4. The Morgan fingerprint density at radius 1 is 0.885 bits per heavy atom. The molecule has 3 rings (SSSR count).